The van der Waals surface area contributed by atoms with E-state index in [9.17, 15) is 34.8 Å². The number of hydrogen-bond acceptors (Lipinski definition) is 9. The minimum Gasteiger partial charge on any atom is -0.510 e. The summed E-state index contributed by atoms with van der Waals surface area (Å²) in [6.07, 6.45) is 0.278. The molecule has 4 unspecified atom stereocenters. The number of nitrogens with two attached hydrogens (primary N) is 1. The fourth-order valence-electron chi connectivity index (χ4n) is 6.68. The average Bonchev–Trinajstić information content (AvgIpc) is 2.86. The van der Waals surface area contributed by atoms with E-state index in [4.69, 9.17) is 5.73 Å². The molecule has 0 saturated carbocycles. The number of aliphatic hydroxyl groups excluding tert-OH is 2. The standard InChI is InChI=1S/C30H33N3O7/c1-32(2)13-14-5-7-15(8-6-14)17-9-10-20(34)22-18(17)11-16-12-19-24(33(3)4)26(36)23(29(31)39)28(38)30(19,40)27(37)21(16)25(22)35/h5-10,16,19,24,34,36-37,40H,11-13H2,1-4H3,(H2,31,39). The molecule has 10 nitrogen and oxygen atoms in total. The van der Waals surface area contributed by atoms with Gasteiger partial charge in [-0.15, -0.1) is 0 Å². The number of aromatic hydroxyl groups is 1. The topological polar surface area (TPSA) is 165 Å². The number of rotatable bonds is 5. The van der Waals surface area contributed by atoms with Gasteiger partial charge in [0.25, 0.3) is 5.91 Å². The smallest absolute Gasteiger partial charge is 0.255 e. The van der Waals surface area contributed by atoms with Crippen LogP contribution >= 0.6 is 0 Å². The monoisotopic (exact) mass is 547 g/mol. The number of fused-ring (bicyclic) bond motifs is 3. The zero-order valence-corrected chi connectivity index (χ0v) is 22.8. The maximum Gasteiger partial charge on any atom is 0.255 e. The summed E-state index contributed by atoms with van der Waals surface area (Å²) < 4.78 is 0. The maximum absolute atomic E-state index is 13.9. The number of benzene rings is 2. The predicted octanol–water partition coefficient (Wildman–Crippen LogP) is 1.85. The molecule has 0 fully saturated rings. The average molecular weight is 548 g/mol. The summed E-state index contributed by atoms with van der Waals surface area (Å²) >= 11 is 0. The second-order valence-corrected chi connectivity index (χ2v) is 11.4. The minimum atomic E-state index is -2.65. The second kappa shape index (κ2) is 9.58. The summed E-state index contributed by atoms with van der Waals surface area (Å²) in [5, 5.41) is 44.8. The van der Waals surface area contributed by atoms with Crippen LogP contribution in [0.25, 0.3) is 11.1 Å². The van der Waals surface area contributed by atoms with Gasteiger partial charge in [-0.25, -0.2) is 0 Å². The number of nitrogens with zero attached hydrogens (tertiary/aromatic N) is 2. The van der Waals surface area contributed by atoms with E-state index in [1.807, 2.05) is 38.4 Å². The summed E-state index contributed by atoms with van der Waals surface area (Å²) in [4.78, 5) is 43.0. The third-order valence-corrected chi connectivity index (χ3v) is 8.37. The van der Waals surface area contributed by atoms with Crippen molar-refractivity contribution in [1.82, 2.24) is 9.80 Å². The van der Waals surface area contributed by atoms with Crippen LogP contribution in [-0.2, 0) is 22.6 Å². The van der Waals surface area contributed by atoms with Crippen LogP contribution in [0.4, 0.5) is 0 Å². The fourth-order valence-corrected chi connectivity index (χ4v) is 6.68. The molecule has 0 aromatic heterocycles. The third kappa shape index (κ3) is 3.94. The van der Waals surface area contributed by atoms with Crippen molar-refractivity contribution in [3.8, 4) is 16.9 Å². The Morgan fingerprint density at radius 1 is 1.02 bits per heavy atom. The van der Waals surface area contributed by atoms with Crippen molar-refractivity contribution in [2.24, 2.45) is 17.6 Å². The van der Waals surface area contributed by atoms with E-state index in [0.29, 0.717) is 5.56 Å². The van der Waals surface area contributed by atoms with E-state index in [-0.39, 0.29) is 29.7 Å². The number of aliphatic hydroxyl groups is 3. The van der Waals surface area contributed by atoms with Gasteiger partial charge in [0.1, 0.15) is 22.8 Å². The number of amides is 1. The van der Waals surface area contributed by atoms with Gasteiger partial charge in [-0.05, 0) is 75.3 Å². The van der Waals surface area contributed by atoms with Gasteiger partial charge in [0.2, 0.25) is 5.78 Å². The Bertz CT molecular complexity index is 1510. The normalized spacial score (nSPS) is 26.2. The highest BCUT2D eigenvalue weighted by atomic mass is 16.3. The number of phenolic OH excluding ortho intramolecular Hbond substituents is 1. The van der Waals surface area contributed by atoms with Crippen LogP contribution in [0.5, 0.6) is 5.75 Å². The van der Waals surface area contributed by atoms with E-state index in [2.05, 4.69) is 4.90 Å². The molecule has 5 rings (SSSR count). The lowest BCUT2D eigenvalue weighted by atomic mass is 9.58. The second-order valence-electron chi connectivity index (χ2n) is 11.4. The van der Waals surface area contributed by atoms with Crippen LogP contribution in [-0.4, -0.2) is 87.5 Å². The van der Waals surface area contributed by atoms with Crippen LogP contribution in [0, 0.1) is 11.8 Å². The van der Waals surface area contributed by atoms with E-state index in [0.717, 1.165) is 23.2 Å². The Labute approximate surface area is 231 Å². The first-order valence-corrected chi connectivity index (χ1v) is 13.0. The number of ketones is 2. The van der Waals surface area contributed by atoms with Gasteiger partial charge in [0.05, 0.1) is 11.6 Å². The lowest BCUT2D eigenvalue weighted by Crippen LogP contribution is -2.63. The largest absolute Gasteiger partial charge is 0.510 e. The molecule has 210 valence electrons. The molecular weight excluding hydrogens is 514 g/mol. The van der Waals surface area contributed by atoms with E-state index in [1.165, 1.54) is 11.0 Å². The summed E-state index contributed by atoms with van der Waals surface area (Å²) in [7, 11) is 7.16. The molecule has 0 bridgehead atoms. The Morgan fingerprint density at radius 2 is 1.68 bits per heavy atom. The maximum atomic E-state index is 13.9. The lowest BCUT2D eigenvalue weighted by molar-refractivity contribution is -0.148. The van der Waals surface area contributed by atoms with Crippen molar-refractivity contribution in [2.45, 2.75) is 31.0 Å². The number of hydrogen-bond donors (Lipinski definition) is 5. The summed E-state index contributed by atoms with van der Waals surface area (Å²) in [5.74, 6) is -6.63. The van der Waals surface area contributed by atoms with Crippen molar-refractivity contribution in [1.29, 1.82) is 0 Å². The highest BCUT2D eigenvalue weighted by Gasteiger charge is 2.63. The van der Waals surface area contributed by atoms with Crippen LogP contribution in [0.15, 0.2) is 59.1 Å². The van der Waals surface area contributed by atoms with Gasteiger partial charge < -0.3 is 31.1 Å². The molecule has 1 amide bonds. The number of allylic oxidation sites excluding steroid dienone is 1. The first-order valence-electron chi connectivity index (χ1n) is 13.0. The first-order chi connectivity index (χ1) is 18.8. The Morgan fingerprint density at radius 3 is 2.25 bits per heavy atom. The van der Waals surface area contributed by atoms with Gasteiger partial charge in [-0.2, -0.15) is 0 Å². The summed E-state index contributed by atoms with van der Waals surface area (Å²) in [5.41, 5.74) is 5.03. The van der Waals surface area contributed by atoms with Crippen molar-refractivity contribution in [3.05, 3.63) is 75.8 Å². The Balaban J connectivity index is 1.66. The van der Waals surface area contributed by atoms with Crippen molar-refractivity contribution in [3.63, 3.8) is 0 Å². The van der Waals surface area contributed by atoms with Crippen LogP contribution in [0.1, 0.15) is 27.9 Å². The summed E-state index contributed by atoms with van der Waals surface area (Å²) in [6, 6.07) is 10.0. The first kappa shape index (κ1) is 27.6. The molecule has 2 aromatic carbocycles. The predicted molar refractivity (Wildman–Crippen MR) is 147 cm³/mol. The molecule has 10 heteroatoms. The van der Waals surface area contributed by atoms with E-state index >= 15 is 0 Å². The molecule has 40 heavy (non-hydrogen) atoms. The molecule has 4 atom stereocenters. The number of carbonyl (C=O) groups excluding carboxylic acids is 3. The highest BCUT2D eigenvalue weighted by Crippen LogP contribution is 2.53. The lowest BCUT2D eigenvalue weighted by Gasteiger charge is -2.50. The van der Waals surface area contributed by atoms with Crippen LogP contribution < -0.4 is 5.73 Å². The molecule has 3 aliphatic rings. The molecule has 0 radical (unpaired) electrons. The Hall–Kier alpha value is -3.99. The van der Waals surface area contributed by atoms with Gasteiger partial charge in [0, 0.05) is 18.0 Å². The zero-order valence-electron chi connectivity index (χ0n) is 22.8. The molecular formula is C30H33N3O7. The molecule has 0 heterocycles. The zero-order chi connectivity index (χ0) is 29.3. The quantitative estimate of drug-likeness (QED) is 0.351. The van der Waals surface area contributed by atoms with Crippen molar-refractivity contribution in [2.75, 3.05) is 28.2 Å². The van der Waals surface area contributed by atoms with Gasteiger partial charge in [0.15, 0.2) is 11.4 Å². The van der Waals surface area contributed by atoms with Crippen molar-refractivity contribution < 1.29 is 34.8 Å². The molecule has 0 saturated heterocycles. The van der Waals surface area contributed by atoms with Gasteiger partial charge >= 0.3 is 0 Å². The Kier molecular flexibility index (Phi) is 6.60. The summed E-state index contributed by atoms with van der Waals surface area (Å²) in [6.45, 7) is 0.761. The number of carbonyl (C=O) groups is 3. The van der Waals surface area contributed by atoms with E-state index < -0.39 is 58.0 Å². The third-order valence-electron chi connectivity index (χ3n) is 8.37. The molecule has 3 aliphatic carbocycles. The molecule has 0 spiro atoms. The molecule has 2 aromatic rings. The van der Waals surface area contributed by atoms with Gasteiger partial charge in [-0.3, -0.25) is 19.3 Å². The molecule has 6 N–H and O–H groups in total. The van der Waals surface area contributed by atoms with Crippen LogP contribution in [0.2, 0.25) is 0 Å². The number of Topliss-reactive ketones (excluding diaryl/α,β-unsaturated/α-hetero) is 2. The highest BCUT2D eigenvalue weighted by molar-refractivity contribution is 6.24. The van der Waals surface area contributed by atoms with Crippen molar-refractivity contribution >= 4 is 17.5 Å². The number of primary amides is 1. The van der Waals surface area contributed by atoms with Crippen LogP contribution in [0.3, 0.4) is 0 Å². The molecule has 0 aliphatic heterocycles. The SMILES string of the molecule is CN(C)Cc1ccc(-c2ccc(O)c3c2CC2CC4C(N(C)C)C(O)=C(C(N)=O)C(=O)C4(O)C(O)=C2C3=O)cc1. The minimum absolute atomic E-state index is 0.00403. The van der Waals surface area contributed by atoms with Gasteiger partial charge in [-0.1, -0.05) is 30.3 Å². The fraction of sp³-hybridized carbons (Fsp3) is 0.367. The number of likely N-dealkylation sites (N-methyl/N-ethyl adjacent to an activating group) is 1. The van der Waals surface area contributed by atoms with E-state index in [1.54, 1.807) is 20.2 Å². The number of phenols is 1.